The quantitative estimate of drug-likeness (QED) is 0.608. The number of carboxylic acids is 1. The van der Waals surface area contributed by atoms with Gasteiger partial charge < -0.3 is 5.11 Å². The summed E-state index contributed by atoms with van der Waals surface area (Å²) in [5.41, 5.74) is 0. The molecule has 0 spiro atoms. The molecule has 0 fully saturated rings. The summed E-state index contributed by atoms with van der Waals surface area (Å²) in [6, 6.07) is 0. The molecular formula is C2HF3O2Pd+2. The third-order valence-electron chi connectivity index (χ3n) is 0.243. The molecule has 0 heterocycles. The van der Waals surface area contributed by atoms with Crippen LogP contribution in [0.25, 0.3) is 0 Å². The van der Waals surface area contributed by atoms with Gasteiger partial charge in [0.1, 0.15) is 0 Å². The van der Waals surface area contributed by atoms with Gasteiger partial charge in [-0.15, -0.1) is 0 Å². The molecule has 0 atom stereocenters. The Morgan fingerprint density at radius 3 is 1.50 bits per heavy atom. The van der Waals surface area contributed by atoms with Gasteiger partial charge in [-0.3, -0.25) is 0 Å². The number of rotatable bonds is 0. The Morgan fingerprint density at radius 2 is 1.50 bits per heavy atom. The van der Waals surface area contributed by atoms with Crippen LogP contribution < -0.4 is 0 Å². The Morgan fingerprint density at radius 1 is 1.38 bits per heavy atom. The molecule has 0 aromatic rings. The van der Waals surface area contributed by atoms with Gasteiger partial charge in [0.2, 0.25) is 0 Å². The minimum absolute atomic E-state index is 0. The molecule has 0 saturated carbocycles. The molecule has 0 aliphatic carbocycles. The summed E-state index contributed by atoms with van der Waals surface area (Å²) in [6.07, 6.45) is -5.08. The maximum Gasteiger partial charge on any atom is 2.00 e. The van der Waals surface area contributed by atoms with Crippen LogP contribution in [0, 0.1) is 0 Å². The molecule has 6 heteroatoms. The minimum atomic E-state index is -5.08. The van der Waals surface area contributed by atoms with E-state index in [9.17, 15) is 13.2 Å². The second kappa shape index (κ2) is 3.05. The summed E-state index contributed by atoms with van der Waals surface area (Å²) >= 11 is 0. The van der Waals surface area contributed by atoms with Crippen molar-refractivity contribution in [3.63, 3.8) is 0 Å². The predicted molar refractivity (Wildman–Crippen MR) is 13.7 cm³/mol. The zero-order chi connectivity index (χ0) is 6.08. The summed E-state index contributed by atoms with van der Waals surface area (Å²) in [6.45, 7) is 0. The number of alkyl halides is 3. The van der Waals surface area contributed by atoms with E-state index in [1.807, 2.05) is 0 Å². The molecule has 0 unspecified atom stereocenters. The van der Waals surface area contributed by atoms with Crippen LogP contribution in [0.3, 0.4) is 0 Å². The normalized spacial score (nSPS) is 9.88. The summed E-state index contributed by atoms with van der Waals surface area (Å²) < 4.78 is 31.7. The Hall–Kier alpha value is -0.0777. The minimum Gasteiger partial charge on any atom is -0.475 e. The Balaban J connectivity index is 0. The zero-order valence-corrected chi connectivity index (χ0v) is 4.86. The van der Waals surface area contributed by atoms with Crippen molar-refractivity contribution >= 4 is 5.97 Å². The molecule has 0 aromatic heterocycles. The van der Waals surface area contributed by atoms with Gasteiger partial charge in [-0.2, -0.15) is 13.2 Å². The van der Waals surface area contributed by atoms with Gasteiger partial charge in [0.05, 0.1) is 0 Å². The van der Waals surface area contributed by atoms with E-state index in [-0.39, 0.29) is 20.4 Å². The fourth-order valence-electron chi connectivity index (χ4n) is 0. The van der Waals surface area contributed by atoms with E-state index < -0.39 is 12.1 Å². The van der Waals surface area contributed by atoms with Crippen molar-refractivity contribution in [1.82, 2.24) is 0 Å². The SMILES string of the molecule is O=C(O)C(F)(F)F.[Pd+2]. The Kier molecular flexibility index (Phi) is 4.13. The van der Waals surface area contributed by atoms with E-state index in [0.29, 0.717) is 0 Å². The topological polar surface area (TPSA) is 37.3 Å². The monoisotopic (exact) mass is 220 g/mol. The van der Waals surface area contributed by atoms with Crippen LogP contribution in [0.5, 0.6) is 0 Å². The molecule has 0 rings (SSSR count). The maximum absolute atomic E-state index is 10.6. The predicted octanol–water partition coefficient (Wildman–Crippen LogP) is 0.631. The van der Waals surface area contributed by atoms with Gasteiger partial charge in [0, 0.05) is 0 Å². The molecular weight excluding hydrogens is 219 g/mol. The first-order valence-electron chi connectivity index (χ1n) is 1.24. The fourth-order valence-corrected chi connectivity index (χ4v) is 0. The van der Waals surface area contributed by atoms with E-state index in [0.717, 1.165) is 0 Å². The number of hydrogen-bond donors (Lipinski definition) is 1. The summed E-state index contributed by atoms with van der Waals surface area (Å²) in [5, 5.41) is 7.12. The van der Waals surface area contributed by atoms with E-state index in [2.05, 4.69) is 0 Å². The molecule has 50 valence electrons. The van der Waals surface area contributed by atoms with Crippen LogP contribution in [0.4, 0.5) is 13.2 Å². The van der Waals surface area contributed by atoms with Gasteiger partial charge >= 0.3 is 32.6 Å². The number of carbonyl (C=O) groups is 1. The van der Waals surface area contributed by atoms with Crippen LogP contribution in [0.2, 0.25) is 0 Å². The van der Waals surface area contributed by atoms with Gasteiger partial charge in [0.25, 0.3) is 0 Å². The third kappa shape index (κ3) is 4.09. The van der Waals surface area contributed by atoms with Crippen molar-refractivity contribution in [3.8, 4) is 0 Å². The van der Waals surface area contributed by atoms with Crippen molar-refractivity contribution in [1.29, 1.82) is 0 Å². The zero-order valence-electron chi connectivity index (χ0n) is 3.31. The van der Waals surface area contributed by atoms with Crippen molar-refractivity contribution in [3.05, 3.63) is 0 Å². The van der Waals surface area contributed by atoms with Crippen LogP contribution in [0.1, 0.15) is 0 Å². The second-order valence-corrected chi connectivity index (χ2v) is 0.803. The van der Waals surface area contributed by atoms with Crippen LogP contribution in [0.15, 0.2) is 0 Å². The van der Waals surface area contributed by atoms with Gasteiger partial charge in [-0.25, -0.2) is 4.79 Å². The average Bonchev–Trinajstić information content (AvgIpc) is 1.31. The van der Waals surface area contributed by atoms with E-state index in [1.165, 1.54) is 0 Å². The van der Waals surface area contributed by atoms with Gasteiger partial charge in [-0.1, -0.05) is 0 Å². The van der Waals surface area contributed by atoms with Crippen LogP contribution in [-0.4, -0.2) is 17.3 Å². The standard InChI is InChI=1S/C2HF3O2.Pd/c3-2(4,5)1(6)7;/h(H,6,7);/q;+2. The van der Waals surface area contributed by atoms with Crippen molar-refractivity contribution in [2.45, 2.75) is 6.18 Å². The molecule has 0 radical (unpaired) electrons. The number of hydrogen-bond acceptors (Lipinski definition) is 1. The van der Waals surface area contributed by atoms with E-state index >= 15 is 0 Å². The number of halogens is 3. The molecule has 0 aliphatic heterocycles. The van der Waals surface area contributed by atoms with Crippen LogP contribution in [-0.2, 0) is 25.2 Å². The molecule has 0 aliphatic rings. The van der Waals surface area contributed by atoms with Crippen LogP contribution >= 0.6 is 0 Å². The van der Waals surface area contributed by atoms with Crippen molar-refractivity contribution in [2.75, 3.05) is 0 Å². The van der Waals surface area contributed by atoms with E-state index in [4.69, 9.17) is 9.90 Å². The van der Waals surface area contributed by atoms with E-state index in [1.54, 1.807) is 0 Å². The first-order chi connectivity index (χ1) is 2.94. The first kappa shape index (κ1) is 10.8. The smallest absolute Gasteiger partial charge is 0.475 e. The molecule has 8 heavy (non-hydrogen) atoms. The second-order valence-electron chi connectivity index (χ2n) is 0.803. The molecule has 0 saturated heterocycles. The summed E-state index contributed by atoms with van der Waals surface area (Å²) in [7, 11) is 0. The van der Waals surface area contributed by atoms with Crippen molar-refractivity contribution < 1.29 is 43.5 Å². The average molecular weight is 220 g/mol. The Labute approximate surface area is 56.3 Å². The fraction of sp³-hybridized carbons (Fsp3) is 0.500. The van der Waals surface area contributed by atoms with Gasteiger partial charge in [0.15, 0.2) is 0 Å². The molecule has 0 bridgehead atoms. The summed E-state index contributed by atoms with van der Waals surface area (Å²) in [5.74, 6) is -2.76. The van der Waals surface area contributed by atoms with Gasteiger partial charge in [-0.05, 0) is 0 Å². The molecule has 1 N–H and O–H groups in total. The molecule has 0 amide bonds. The maximum atomic E-state index is 10.6. The molecule has 0 aromatic carbocycles. The number of aliphatic carboxylic acids is 1. The number of carboxylic acid groups (broad SMARTS) is 1. The van der Waals surface area contributed by atoms with Crippen molar-refractivity contribution in [2.24, 2.45) is 0 Å². The first-order valence-corrected chi connectivity index (χ1v) is 1.24. The Bertz CT molecular complexity index is 87.8. The molecule has 2 nitrogen and oxygen atoms in total. The third-order valence-corrected chi connectivity index (χ3v) is 0.243. The largest absolute Gasteiger partial charge is 2.00 e. The summed E-state index contributed by atoms with van der Waals surface area (Å²) in [4.78, 5) is 8.90.